The van der Waals surface area contributed by atoms with Gasteiger partial charge in [0.1, 0.15) is 19.1 Å². The van der Waals surface area contributed by atoms with Gasteiger partial charge in [0, 0.05) is 7.11 Å². The lowest BCUT2D eigenvalue weighted by molar-refractivity contribution is -0.0593. The van der Waals surface area contributed by atoms with Gasteiger partial charge in [-0.3, -0.25) is 0 Å². The summed E-state index contributed by atoms with van der Waals surface area (Å²) in [5.74, 6) is 2.41. The van der Waals surface area contributed by atoms with E-state index in [9.17, 15) is 0 Å². The van der Waals surface area contributed by atoms with Crippen molar-refractivity contribution in [2.75, 3.05) is 47.4 Å². The number of benzene rings is 1. The quantitative estimate of drug-likeness (QED) is 0.144. The number of ether oxygens (including phenoxy) is 5. The first kappa shape index (κ1) is 31.4. The SMILES string of the molecule is C=C(CC[C@@]1(C2=N[C@@H](C(C)(C)C)CO2)c2ccc(C(C)C)c(OC)c2CC[C@@H]1C(=C)C)COCOCCOC. The standard InChI is InChI=1S/C33H51NO5/c1-22(2)25-11-14-28-26(30(25)36-10)12-13-27(23(3)4)33(28,31-34-29(20-39-31)32(6,7)8)16-15-24(5)19-38-21-37-18-17-35-9/h11,14,22,27,29H,3,5,12-13,15-21H2,1-2,4,6-10H3/t27-,29-,33+/m1/s1. The van der Waals surface area contributed by atoms with Gasteiger partial charge >= 0.3 is 0 Å². The number of nitrogens with zero attached hydrogens (tertiary/aromatic N) is 1. The van der Waals surface area contributed by atoms with Crippen molar-refractivity contribution < 1.29 is 23.7 Å². The third-order valence-electron chi connectivity index (χ3n) is 8.28. The largest absolute Gasteiger partial charge is 0.496 e. The van der Waals surface area contributed by atoms with Gasteiger partial charge in [-0.15, -0.1) is 0 Å². The van der Waals surface area contributed by atoms with Crippen LogP contribution in [0.1, 0.15) is 83.4 Å². The molecule has 0 aromatic heterocycles. The average molecular weight is 542 g/mol. The summed E-state index contributed by atoms with van der Waals surface area (Å²) < 4.78 is 28.9. The molecule has 0 spiro atoms. The maximum Gasteiger partial charge on any atom is 0.195 e. The van der Waals surface area contributed by atoms with Crippen molar-refractivity contribution in [3.8, 4) is 5.75 Å². The van der Waals surface area contributed by atoms with Crippen LogP contribution in [0.4, 0.5) is 0 Å². The van der Waals surface area contributed by atoms with Crippen molar-refractivity contribution in [2.45, 2.75) is 84.6 Å². The first-order valence-electron chi connectivity index (χ1n) is 14.3. The summed E-state index contributed by atoms with van der Waals surface area (Å²) in [5.41, 5.74) is 5.53. The van der Waals surface area contributed by atoms with Crippen LogP contribution in [0.2, 0.25) is 0 Å². The summed E-state index contributed by atoms with van der Waals surface area (Å²) in [6.07, 6.45) is 3.50. The van der Waals surface area contributed by atoms with Gasteiger partial charge in [0.25, 0.3) is 0 Å². The summed E-state index contributed by atoms with van der Waals surface area (Å²) in [4.78, 5) is 5.30. The van der Waals surface area contributed by atoms with E-state index in [0.29, 0.717) is 32.3 Å². The van der Waals surface area contributed by atoms with Crippen LogP contribution in [-0.2, 0) is 30.8 Å². The molecular formula is C33H51NO5. The van der Waals surface area contributed by atoms with E-state index >= 15 is 0 Å². The highest BCUT2D eigenvalue weighted by atomic mass is 16.7. The van der Waals surface area contributed by atoms with Crippen molar-refractivity contribution in [1.29, 1.82) is 0 Å². The first-order chi connectivity index (χ1) is 18.5. The number of hydrogen-bond acceptors (Lipinski definition) is 6. The maximum atomic E-state index is 6.57. The van der Waals surface area contributed by atoms with E-state index in [4.69, 9.17) is 28.7 Å². The zero-order valence-corrected chi connectivity index (χ0v) is 25.7. The monoisotopic (exact) mass is 541 g/mol. The van der Waals surface area contributed by atoms with E-state index in [1.165, 1.54) is 16.7 Å². The molecule has 6 nitrogen and oxygen atoms in total. The fourth-order valence-electron chi connectivity index (χ4n) is 6.03. The lowest BCUT2D eigenvalue weighted by atomic mass is 9.58. The van der Waals surface area contributed by atoms with Gasteiger partial charge in [-0.1, -0.05) is 71.1 Å². The summed E-state index contributed by atoms with van der Waals surface area (Å²) in [5, 5.41) is 0. The van der Waals surface area contributed by atoms with Crippen LogP contribution in [-0.4, -0.2) is 59.4 Å². The third kappa shape index (κ3) is 6.96. The molecule has 0 amide bonds. The molecule has 1 aliphatic carbocycles. The Bertz CT molecular complexity index is 1040. The zero-order chi connectivity index (χ0) is 28.8. The lowest BCUT2D eigenvalue weighted by Crippen LogP contribution is -2.47. The van der Waals surface area contributed by atoms with Gasteiger partial charge in [0.05, 0.1) is 38.4 Å². The highest BCUT2D eigenvalue weighted by Gasteiger charge is 2.52. The van der Waals surface area contributed by atoms with Crippen LogP contribution in [0.25, 0.3) is 0 Å². The molecule has 0 unspecified atom stereocenters. The second-order valence-corrected chi connectivity index (χ2v) is 12.5. The van der Waals surface area contributed by atoms with Gasteiger partial charge in [-0.05, 0) is 66.5 Å². The molecule has 0 saturated heterocycles. The normalized spacial score (nSPS) is 22.8. The van der Waals surface area contributed by atoms with E-state index in [-0.39, 0.29) is 24.2 Å². The van der Waals surface area contributed by atoms with E-state index in [0.717, 1.165) is 48.5 Å². The van der Waals surface area contributed by atoms with Gasteiger partial charge in [0.2, 0.25) is 0 Å². The van der Waals surface area contributed by atoms with Crippen LogP contribution in [0, 0.1) is 11.3 Å². The van der Waals surface area contributed by atoms with E-state index in [1.807, 2.05) is 0 Å². The molecule has 1 aromatic carbocycles. The minimum atomic E-state index is -0.444. The molecule has 3 atom stereocenters. The molecule has 0 bridgehead atoms. The number of rotatable bonds is 14. The summed E-state index contributed by atoms with van der Waals surface area (Å²) in [6, 6.07) is 4.65. The van der Waals surface area contributed by atoms with Crippen LogP contribution in [0.3, 0.4) is 0 Å². The number of hydrogen-bond donors (Lipinski definition) is 0. The van der Waals surface area contributed by atoms with Crippen LogP contribution in [0.15, 0.2) is 41.4 Å². The highest BCUT2D eigenvalue weighted by Crippen LogP contribution is 2.53. The Kier molecular flexibility index (Phi) is 10.8. The third-order valence-corrected chi connectivity index (χ3v) is 8.28. The molecule has 0 N–H and O–H groups in total. The van der Waals surface area contributed by atoms with Crippen LogP contribution in [0.5, 0.6) is 5.75 Å². The Morgan fingerprint density at radius 2 is 1.90 bits per heavy atom. The molecule has 6 heteroatoms. The number of methoxy groups -OCH3 is 2. The average Bonchev–Trinajstić information content (AvgIpc) is 3.39. The molecule has 39 heavy (non-hydrogen) atoms. The zero-order valence-electron chi connectivity index (χ0n) is 25.7. The number of fused-ring (bicyclic) bond motifs is 1. The Labute approximate surface area is 236 Å². The molecule has 2 aliphatic rings. The van der Waals surface area contributed by atoms with Crippen molar-refractivity contribution >= 4 is 5.90 Å². The lowest BCUT2D eigenvalue weighted by Gasteiger charge is -2.46. The Hall–Kier alpha value is -2.15. The fourth-order valence-corrected chi connectivity index (χ4v) is 6.03. The molecule has 218 valence electrons. The Morgan fingerprint density at radius 3 is 2.49 bits per heavy atom. The van der Waals surface area contributed by atoms with Crippen LogP contribution < -0.4 is 4.74 Å². The van der Waals surface area contributed by atoms with Gasteiger partial charge in [-0.2, -0.15) is 0 Å². The van der Waals surface area contributed by atoms with Crippen molar-refractivity contribution in [3.05, 3.63) is 53.1 Å². The van der Waals surface area contributed by atoms with E-state index in [2.05, 4.69) is 66.8 Å². The molecule has 0 fully saturated rings. The maximum absolute atomic E-state index is 6.57. The van der Waals surface area contributed by atoms with E-state index < -0.39 is 5.41 Å². The smallest absolute Gasteiger partial charge is 0.195 e. The fraction of sp³-hybridized carbons (Fsp3) is 0.667. The van der Waals surface area contributed by atoms with Gasteiger partial charge in [0.15, 0.2) is 5.90 Å². The van der Waals surface area contributed by atoms with Gasteiger partial charge in [-0.25, -0.2) is 4.99 Å². The minimum Gasteiger partial charge on any atom is -0.496 e. The van der Waals surface area contributed by atoms with Crippen molar-refractivity contribution in [1.82, 2.24) is 0 Å². The van der Waals surface area contributed by atoms with Crippen molar-refractivity contribution in [2.24, 2.45) is 16.3 Å². The van der Waals surface area contributed by atoms with Crippen LogP contribution >= 0.6 is 0 Å². The Morgan fingerprint density at radius 1 is 1.15 bits per heavy atom. The first-order valence-corrected chi connectivity index (χ1v) is 14.3. The van der Waals surface area contributed by atoms with Gasteiger partial charge < -0.3 is 23.7 Å². The van der Waals surface area contributed by atoms with Crippen molar-refractivity contribution in [3.63, 3.8) is 0 Å². The number of allylic oxidation sites excluding steroid dienone is 1. The second kappa shape index (κ2) is 13.5. The summed E-state index contributed by atoms with van der Waals surface area (Å²) in [7, 11) is 3.45. The minimum absolute atomic E-state index is 0.0125. The predicted octanol–water partition coefficient (Wildman–Crippen LogP) is 7.01. The Balaban J connectivity index is 2.03. The molecule has 3 rings (SSSR count). The second-order valence-electron chi connectivity index (χ2n) is 12.5. The van der Waals surface area contributed by atoms with E-state index in [1.54, 1.807) is 14.2 Å². The highest BCUT2D eigenvalue weighted by molar-refractivity contribution is 5.91. The summed E-state index contributed by atoms with van der Waals surface area (Å²) >= 11 is 0. The molecule has 1 heterocycles. The molecule has 0 radical (unpaired) electrons. The topological polar surface area (TPSA) is 58.5 Å². The molecule has 1 aliphatic heterocycles. The molecule has 1 aromatic rings. The number of aliphatic imine (C=N–C) groups is 1. The molecular weight excluding hydrogens is 490 g/mol. The molecule has 0 saturated carbocycles. The predicted molar refractivity (Wildman–Crippen MR) is 159 cm³/mol. The summed E-state index contributed by atoms with van der Waals surface area (Å²) in [6.45, 7) is 24.4.